The number of amides is 1. The van der Waals surface area contributed by atoms with Gasteiger partial charge >= 0.3 is 0 Å². The zero-order valence-corrected chi connectivity index (χ0v) is 15.2. The molecule has 1 amide bonds. The van der Waals surface area contributed by atoms with Crippen molar-refractivity contribution in [1.29, 1.82) is 0 Å². The number of rotatable bonds is 3. The zero-order valence-electron chi connectivity index (χ0n) is 15.2. The summed E-state index contributed by atoms with van der Waals surface area (Å²) >= 11 is 0. The van der Waals surface area contributed by atoms with E-state index in [-0.39, 0.29) is 17.4 Å². The minimum absolute atomic E-state index is 0.171. The van der Waals surface area contributed by atoms with E-state index in [2.05, 4.69) is 74.9 Å². The van der Waals surface area contributed by atoms with Crippen molar-refractivity contribution in [2.45, 2.75) is 58.5 Å². The molecule has 1 aromatic heterocycles. The van der Waals surface area contributed by atoms with Crippen LogP contribution in [0.25, 0.3) is 0 Å². The van der Waals surface area contributed by atoms with Crippen molar-refractivity contribution < 1.29 is 4.79 Å². The Bertz CT molecular complexity index is 706. The zero-order chi connectivity index (χ0) is 17.3. The third kappa shape index (κ3) is 3.40. The smallest absolute Gasteiger partial charge is 0.223 e. The van der Waals surface area contributed by atoms with E-state index in [0.29, 0.717) is 6.42 Å². The molecule has 0 saturated carbocycles. The maximum atomic E-state index is 12.7. The highest BCUT2D eigenvalue weighted by Crippen LogP contribution is 2.26. The second kappa shape index (κ2) is 6.46. The van der Waals surface area contributed by atoms with Crippen molar-refractivity contribution in [3.05, 3.63) is 59.4 Å². The number of carbonyl (C=O) groups is 1. The molecule has 128 valence electrons. The minimum Gasteiger partial charge on any atom is -0.348 e. The minimum atomic E-state index is 0.171. The molecular formula is C21H28N2O. The molecule has 3 heteroatoms. The van der Waals surface area contributed by atoms with Gasteiger partial charge in [0.15, 0.2) is 0 Å². The lowest BCUT2D eigenvalue weighted by molar-refractivity contribution is -0.134. The molecule has 0 spiro atoms. The molecule has 0 aliphatic carbocycles. The van der Waals surface area contributed by atoms with Gasteiger partial charge in [-0.3, -0.25) is 4.79 Å². The lowest BCUT2D eigenvalue weighted by Crippen LogP contribution is -2.40. The number of benzene rings is 1. The van der Waals surface area contributed by atoms with Crippen LogP contribution in [0.1, 0.15) is 57.0 Å². The van der Waals surface area contributed by atoms with Crippen LogP contribution in [0.15, 0.2) is 42.6 Å². The van der Waals surface area contributed by atoms with Crippen molar-refractivity contribution in [2.75, 3.05) is 6.54 Å². The normalized spacial score (nSPS) is 17.7. The van der Waals surface area contributed by atoms with Gasteiger partial charge in [-0.15, -0.1) is 0 Å². The fraction of sp³-hybridized carbons (Fsp3) is 0.476. The summed E-state index contributed by atoms with van der Waals surface area (Å²) in [6.07, 6.45) is 3.50. The van der Waals surface area contributed by atoms with Crippen molar-refractivity contribution in [3.8, 4) is 0 Å². The van der Waals surface area contributed by atoms with Crippen LogP contribution in [-0.2, 0) is 23.2 Å². The fourth-order valence-electron chi connectivity index (χ4n) is 3.49. The van der Waals surface area contributed by atoms with Crippen LogP contribution in [0.4, 0.5) is 0 Å². The van der Waals surface area contributed by atoms with Gasteiger partial charge in [0.2, 0.25) is 5.91 Å². The van der Waals surface area contributed by atoms with E-state index in [9.17, 15) is 4.79 Å². The Hall–Kier alpha value is -2.03. The quantitative estimate of drug-likeness (QED) is 0.825. The highest BCUT2D eigenvalue weighted by Gasteiger charge is 2.26. The SMILES string of the molecule is CC1c2cccn2CCN1C(=O)CCc1ccc(C(C)(C)C)cc1. The molecule has 2 heterocycles. The van der Waals surface area contributed by atoms with Crippen LogP contribution >= 0.6 is 0 Å². The van der Waals surface area contributed by atoms with Crippen LogP contribution in [-0.4, -0.2) is 21.9 Å². The van der Waals surface area contributed by atoms with Crippen molar-refractivity contribution in [3.63, 3.8) is 0 Å². The number of nitrogens with zero attached hydrogens (tertiary/aromatic N) is 2. The second-order valence-electron chi connectivity index (χ2n) is 7.84. The van der Waals surface area contributed by atoms with E-state index in [0.717, 1.165) is 19.5 Å². The van der Waals surface area contributed by atoms with E-state index < -0.39 is 0 Å². The Morgan fingerprint density at radius 3 is 2.50 bits per heavy atom. The van der Waals surface area contributed by atoms with Gasteiger partial charge in [0, 0.05) is 31.4 Å². The summed E-state index contributed by atoms with van der Waals surface area (Å²) in [7, 11) is 0. The van der Waals surface area contributed by atoms with Gasteiger partial charge in [-0.2, -0.15) is 0 Å². The van der Waals surface area contributed by atoms with Crippen molar-refractivity contribution in [2.24, 2.45) is 0 Å². The first-order valence-electron chi connectivity index (χ1n) is 8.90. The lowest BCUT2D eigenvalue weighted by Gasteiger charge is -2.35. The summed E-state index contributed by atoms with van der Waals surface area (Å²) in [6, 6.07) is 13.1. The molecule has 0 fully saturated rings. The number of aryl methyl sites for hydroxylation is 1. The Labute approximate surface area is 145 Å². The summed E-state index contributed by atoms with van der Waals surface area (Å²) in [5.41, 5.74) is 3.99. The Morgan fingerprint density at radius 1 is 1.12 bits per heavy atom. The third-order valence-corrected chi connectivity index (χ3v) is 5.11. The number of hydrogen-bond acceptors (Lipinski definition) is 1. The van der Waals surface area contributed by atoms with E-state index >= 15 is 0 Å². The molecule has 1 unspecified atom stereocenters. The molecule has 0 saturated heterocycles. The van der Waals surface area contributed by atoms with Gasteiger partial charge in [0.25, 0.3) is 0 Å². The van der Waals surface area contributed by atoms with Gasteiger partial charge in [0.05, 0.1) is 6.04 Å². The molecule has 0 N–H and O–H groups in total. The van der Waals surface area contributed by atoms with Crippen LogP contribution in [0, 0.1) is 0 Å². The van der Waals surface area contributed by atoms with E-state index in [4.69, 9.17) is 0 Å². The van der Waals surface area contributed by atoms with Crippen LogP contribution < -0.4 is 0 Å². The largest absolute Gasteiger partial charge is 0.348 e. The molecule has 24 heavy (non-hydrogen) atoms. The average molecular weight is 324 g/mol. The first kappa shape index (κ1) is 16.8. The monoisotopic (exact) mass is 324 g/mol. The Kier molecular flexibility index (Phi) is 4.53. The van der Waals surface area contributed by atoms with Gasteiger partial charge in [-0.1, -0.05) is 45.0 Å². The van der Waals surface area contributed by atoms with Gasteiger partial charge < -0.3 is 9.47 Å². The molecule has 1 aliphatic rings. The molecule has 1 aliphatic heterocycles. The summed E-state index contributed by atoms with van der Waals surface area (Å²) in [5.74, 6) is 0.259. The highest BCUT2D eigenvalue weighted by atomic mass is 16.2. The van der Waals surface area contributed by atoms with E-state index in [1.54, 1.807) is 0 Å². The van der Waals surface area contributed by atoms with Crippen molar-refractivity contribution >= 4 is 5.91 Å². The maximum absolute atomic E-state index is 12.7. The van der Waals surface area contributed by atoms with E-state index in [1.165, 1.54) is 16.8 Å². The highest BCUT2D eigenvalue weighted by molar-refractivity contribution is 5.77. The molecule has 1 aromatic carbocycles. The molecule has 1 atom stereocenters. The number of aromatic nitrogens is 1. The predicted molar refractivity (Wildman–Crippen MR) is 98.0 cm³/mol. The third-order valence-electron chi connectivity index (χ3n) is 5.11. The molecule has 3 rings (SSSR count). The van der Waals surface area contributed by atoms with Crippen LogP contribution in [0.3, 0.4) is 0 Å². The van der Waals surface area contributed by atoms with E-state index in [1.807, 2.05) is 4.90 Å². The topological polar surface area (TPSA) is 25.2 Å². The first-order chi connectivity index (χ1) is 11.4. The first-order valence-corrected chi connectivity index (χ1v) is 8.90. The molecule has 2 aromatic rings. The molecule has 0 bridgehead atoms. The van der Waals surface area contributed by atoms with Gasteiger partial charge in [-0.05, 0) is 42.0 Å². The Balaban J connectivity index is 1.60. The van der Waals surface area contributed by atoms with Gasteiger partial charge in [0.1, 0.15) is 0 Å². The lowest BCUT2D eigenvalue weighted by atomic mass is 9.86. The number of hydrogen-bond donors (Lipinski definition) is 0. The Morgan fingerprint density at radius 2 is 1.83 bits per heavy atom. The maximum Gasteiger partial charge on any atom is 0.223 e. The number of carbonyl (C=O) groups excluding carboxylic acids is 1. The fourth-order valence-corrected chi connectivity index (χ4v) is 3.49. The predicted octanol–water partition coefficient (Wildman–Crippen LogP) is 4.32. The summed E-state index contributed by atoms with van der Waals surface area (Å²) in [5, 5.41) is 0. The van der Waals surface area contributed by atoms with Crippen LogP contribution in [0.5, 0.6) is 0 Å². The average Bonchev–Trinajstić information content (AvgIpc) is 3.02. The van der Waals surface area contributed by atoms with Gasteiger partial charge in [-0.25, -0.2) is 0 Å². The van der Waals surface area contributed by atoms with Crippen molar-refractivity contribution in [1.82, 2.24) is 9.47 Å². The molecular weight excluding hydrogens is 296 g/mol. The number of fused-ring (bicyclic) bond motifs is 1. The second-order valence-corrected chi connectivity index (χ2v) is 7.84. The summed E-state index contributed by atoms with van der Waals surface area (Å²) in [4.78, 5) is 14.7. The van der Waals surface area contributed by atoms with Crippen LogP contribution in [0.2, 0.25) is 0 Å². The summed E-state index contributed by atoms with van der Waals surface area (Å²) in [6.45, 7) is 10.5. The standard InChI is InChI=1S/C21H28N2O/c1-16-19-6-5-13-22(19)14-15-23(16)20(24)12-9-17-7-10-18(11-8-17)21(2,3)4/h5-8,10-11,13,16H,9,12,14-15H2,1-4H3. The summed E-state index contributed by atoms with van der Waals surface area (Å²) < 4.78 is 2.25. The molecule has 0 radical (unpaired) electrons. The molecule has 3 nitrogen and oxygen atoms in total.